The van der Waals surface area contributed by atoms with Gasteiger partial charge in [0.15, 0.2) is 0 Å². The van der Waals surface area contributed by atoms with E-state index in [-0.39, 0.29) is 5.82 Å². The number of nitrogens with one attached hydrogen (secondary N) is 1. The molecule has 84 valence electrons. The van der Waals surface area contributed by atoms with E-state index in [9.17, 15) is 4.39 Å². The van der Waals surface area contributed by atoms with Crippen LogP contribution in [0.15, 0.2) is 42.5 Å². The number of halogens is 2. The molecule has 0 unspecified atom stereocenters. The van der Waals surface area contributed by atoms with Crippen molar-refractivity contribution in [3.63, 3.8) is 0 Å². The third kappa shape index (κ3) is 1.82. The molecule has 2 aromatic carbocycles. The highest BCUT2D eigenvalue weighted by Crippen LogP contribution is 2.28. The maximum absolute atomic E-state index is 13.7. The van der Waals surface area contributed by atoms with Crippen molar-refractivity contribution < 1.29 is 4.39 Å². The Morgan fingerprint density at radius 3 is 2.76 bits per heavy atom. The molecule has 0 saturated carbocycles. The molecule has 3 rings (SSSR count). The monoisotopic (exact) mass is 338 g/mol. The minimum atomic E-state index is -0.250. The first kappa shape index (κ1) is 10.7. The lowest BCUT2D eigenvalue weighted by Crippen LogP contribution is -1.84. The number of rotatable bonds is 1. The highest BCUT2D eigenvalue weighted by Gasteiger charge is 2.11. The van der Waals surface area contributed by atoms with Crippen LogP contribution >= 0.6 is 22.6 Å². The van der Waals surface area contributed by atoms with Crippen LogP contribution in [-0.4, -0.2) is 10.2 Å². The first-order valence-electron chi connectivity index (χ1n) is 5.14. The molecule has 1 heterocycles. The van der Waals surface area contributed by atoms with Gasteiger partial charge in [-0.1, -0.05) is 12.1 Å². The predicted octanol–water partition coefficient (Wildman–Crippen LogP) is 3.97. The average Bonchev–Trinajstić information content (AvgIpc) is 2.72. The van der Waals surface area contributed by atoms with Crippen LogP contribution < -0.4 is 0 Å². The SMILES string of the molecule is Fc1ccccc1-c1n[nH]c2ccc(I)cc12. The van der Waals surface area contributed by atoms with E-state index in [1.54, 1.807) is 12.1 Å². The van der Waals surface area contributed by atoms with E-state index < -0.39 is 0 Å². The van der Waals surface area contributed by atoms with Crippen molar-refractivity contribution in [2.75, 3.05) is 0 Å². The molecule has 0 bridgehead atoms. The Hall–Kier alpha value is -1.43. The standard InChI is InChI=1S/C13H8FIN2/c14-11-4-2-1-3-9(11)13-10-7-8(15)5-6-12(10)16-17-13/h1-7H,(H,16,17). The van der Waals surface area contributed by atoms with Crippen molar-refractivity contribution in [2.24, 2.45) is 0 Å². The molecule has 0 aliphatic rings. The first-order valence-corrected chi connectivity index (χ1v) is 6.22. The van der Waals surface area contributed by atoms with Gasteiger partial charge < -0.3 is 0 Å². The van der Waals surface area contributed by atoms with Crippen LogP contribution in [-0.2, 0) is 0 Å². The van der Waals surface area contributed by atoms with Gasteiger partial charge in [0, 0.05) is 14.5 Å². The smallest absolute Gasteiger partial charge is 0.132 e. The predicted molar refractivity (Wildman–Crippen MR) is 74.2 cm³/mol. The minimum Gasteiger partial charge on any atom is -0.277 e. The molecule has 0 saturated heterocycles. The van der Waals surface area contributed by atoms with Gasteiger partial charge in [-0.3, -0.25) is 5.10 Å². The maximum atomic E-state index is 13.7. The lowest BCUT2D eigenvalue weighted by atomic mass is 10.1. The minimum absolute atomic E-state index is 0.250. The van der Waals surface area contributed by atoms with Gasteiger partial charge in [-0.2, -0.15) is 5.10 Å². The summed E-state index contributed by atoms with van der Waals surface area (Å²) in [6.45, 7) is 0. The van der Waals surface area contributed by atoms with Crippen molar-refractivity contribution in [1.29, 1.82) is 0 Å². The van der Waals surface area contributed by atoms with Gasteiger partial charge in [0.1, 0.15) is 11.5 Å². The van der Waals surface area contributed by atoms with E-state index in [2.05, 4.69) is 32.8 Å². The Balaban J connectivity index is 2.31. The summed E-state index contributed by atoms with van der Waals surface area (Å²) in [5, 5.41) is 8.07. The van der Waals surface area contributed by atoms with Crippen molar-refractivity contribution in [3.05, 3.63) is 51.9 Å². The zero-order chi connectivity index (χ0) is 11.8. The summed E-state index contributed by atoms with van der Waals surface area (Å²) in [6.07, 6.45) is 0. The number of benzene rings is 2. The zero-order valence-electron chi connectivity index (χ0n) is 8.74. The van der Waals surface area contributed by atoms with Gasteiger partial charge in [0.05, 0.1) is 5.52 Å². The largest absolute Gasteiger partial charge is 0.277 e. The number of nitrogens with zero attached hydrogens (tertiary/aromatic N) is 1. The number of aromatic nitrogens is 2. The van der Waals surface area contributed by atoms with E-state index in [0.29, 0.717) is 11.3 Å². The maximum Gasteiger partial charge on any atom is 0.132 e. The third-order valence-corrected chi connectivity index (χ3v) is 3.32. The average molecular weight is 338 g/mol. The Bertz CT molecular complexity index is 691. The number of aromatic amines is 1. The number of hydrogen-bond acceptors (Lipinski definition) is 1. The summed E-state index contributed by atoms with van der Waals surface area (Å²) in [7, 11) is 0. The van der Waals surface area contributed by atoms with Crippen LogP contribution in [0.5, 0.6) is 0 Å². The van der Waals surface area contributed by atoms with Crippen LogP contribution in [0.1, 0.15) is 0 Å². The molecule has 17 heavy (non-hydrogen) atoms. The lowest BCUT2D eigenvalue weighted by molar-refractivity contribution is 0.631. The van der Waals surface area contributed by atoms with Crippen molar-refractivity contribution in [1.82, 2.24) is 10.2 Å². The molecule has 0 atom stereocenters. The number of hydrogen-bond donors (Lipinski definition) is 1. The molecule has 0 spiro atoms. The van der Waals surface area contributed by atoms with E-state index >= 15 is 0 Å². The van der Waals surface area contributed by atoms with Crippen molar-refractivity contribution in [3.8, 4) is 11.3 Å². The topological polar surface area (TPSA) is 28.7 Å². The van der Waals surface area contributed by atoms with Gasteiger partial charge in [-0.05, 0) is 52.9 Å². The summed E-state index contributed by atoms with van der Waals surface area (Å²) in [5.74, 6) is -0.250. The Morgan fingerprint density at radius 2 is 1.94 bits per heavy atom. The summed E-state index contributed by atoms with van der Waals surface area (Å²) in [6, 6.07) is 12.6. The molecular formula is C13H8FIN2. The molecule has 3 aromatic rings. The molecule has 0 aliphatic heterocycles. The van der Waals surface area contributed by atoms with Gasteiger partial charge in [-0.25, -0.2) is 4.39 Å². The normalized spacial score (nSPS) is 10.9. The Kier molecular flexibility index (Phi) is 2.58. The van der Waals surface area contributed by atoms with Gasteiger partial charge in [0.2, 0.25) is 0 Å². The quantitative estimate of drug-likeness (QED) is 0.668. The second kappa shape index (κ2) is 4.10. The zero-order valence-corrected chi connectivity index (χ0v) is 10.9. The first-order chi connectivity index (χ1) is 8.25. The van der Waals surface area contributed by atoms with Gasteiger partial charge in [0.25, 0.3) is 0 Å². The van der Waals surface area contributed by atoms with E-state index in [1.165, 1.54) is 6.07 Å². The van der Waals surface area contributed by atoms with E-state index in [4.69, 9.17) is 0 Å². The molecule has 0 radical (unpaired) electrons. The summed E-state index contributed by atoms with van der Waals surface area (Å²) in [4.78, 5) is 0. The molecular weight excluding hydrogens is 330 g/mol. The molecule has 1 N–H and O–H groups in total. The molecule has 0 amide bonds. The van der Waals surface area contributed by atoms with E-state index in [0.717, 1.165) is 14.5 Å². The fraction of sp³-hybridized carbons (Fsp3) is 0. The van der Waals surface area contributed by atoms with Gasteiger partial charge in [-0.15, -0.1) is 0 Å². The van der Waals surface area contributed by atoms with E-state index in [1.807, 2.05) is 24.3 Å². The third-order valence-electron chi connectivity index (χ3n) is 2.65. The number of H-pyrrole nitrogens is 1. The summed E-state index contributed by atoms with van der Waals surface area (Å²) in [5.41, 5.74) is 2.11. The van der Waals surface area contributed by atoms with Crippen molar-refractivity contribution >= 4 is 33.5 Å². The highest BCUT2D eigenvalue weighted by molar-refractivity contribution is 14.1. The van der Waals surface area contributed by atoms with Crippen LogP contribution in [0.25, 0.3) is 22.2 Å². The van der Waals surface area contributed by atoms with Crippen LogP contribution in [0.3, 0.4) is 0 Å². The second-order valence-corrected chi connectivity index (χ2v) is 4.99. The molecule has 0 fully saturated rings. The Labute approximate surface area is 111 Å². The fourth-order valence-corrected chi connectivity index (χ4v) is 2.34. The van der Waals surface area contributed by atoms with Crippen LogP contribution in [0.4, 0.5) is 4.39 Å². The molecule has 4 heteroatoms. The fourth-order valence-electron chi connectivity index (χ4n) is 1.84. The second-order valence-electron chi connectivity index (χ2n) is 3.74. The van der Waals surface area contributed by atoms with Crippen molar-refractivity contribution in [2.45, 2.75) is 0 Å². The van der Waals surface area contributed by atoms with Crippen LogP contribution in [0.2, 0.25) is 0 Å². The highest BCUT2D eigenvalue weighted by atomic mass is 127. The Morgan fingerprint density at radius 1 is 1.12 bits per heavy atom. The molecule has 0 aliphatic carbocycles. The molecule has 1 aromatic heterocycles. The summed E-state index contributed by atoms with van der Waals surface area (Å²) >= 11 is 2.23. The number of fused-ring (bicyclic) bond motifs is 1. The molecule has 2 nitrogen and oxygen atoms in total. The lowest BCUT2D eigenvalue weighted by Gasteiger charge is -1.99. The summed E-state index contributed by atoms with van der Waals surface area (Å²) < 4.78 is 14.8. The van der Waals surface area contributed by atoms with Gasteiger partial charge >= 0.3 is 0 Å². The van der Waals surface area contributed by atoms with Crippen LogP contribution in [0, 0.1) is 9.39 Å².